The van der Waals surface area contributed by atoms with Gasteiger partial charge in [0.15, 0.2) is 0 Å². The molecule has 0 atom stereocenters. The summed E-state index contributed by atoms with van der Waals surface area (Å²) in [5.41, 5.74) is 1.97. The van der Waals surface area contributed by atoms with Crippen LogP contribution in [0.4, 0.5) is 27.9 Å². The number of nitrogens with zero attached hydrogens (tertiary/aromatic N) is 5. The van der Waals surface area contributed by atoms with Gasteiger partial charge in [-0.05, 0) is 30.4 Å². The first kappa shape index (κ1) is 21.0. The summed E-state index contributed by atoms with van der Waals surface area (Å²) in [4.78, 5) is 27.9. The summed E-state index contributed by atoms with van der Waals surface area (Å²) in [5.74, 6) is 0.0835. The molecule has 1 saturated heterocycles. The van der Waals surface area contributed by atoms with Crippen molar-refractivity contribution in [3.05, 3.63) is 46.0 Å². The number of fused-ring (bicyclic) bond motifs is 3. The van der Waals surface area contributed by atoms with Crippen LogP contribution < -0.4 is 4.90 Å². The number of halogens is 5. The summed E-state index contributed by atoms with van der Waals surface area (Å²) < 4.78 is 65.0. The van der Waals surface area contributed by atoms with E-state index in [0.29, 0.717) is 31.6 Å². The number of carbonyl (C=O) groups excluding carboxylic acids is 1. The van der Waals surface area contributed by atoms with Gasteiger partial charge in [-0.1, -0.05) is 0 Å². The highest BCUT2D eigenvalue weighted by molar-refractivity contribution is 5.78. The van der Waals surface area contributed by atoms with Crippen molar-refractivity contribution < 1.29 is 26.7 Å². The molecule has 1 fully saturated rings. The molecule has 0 saturated carbocycles. The zero-order valence-electron chi connectivity index (χ0n) is 17.0. The second-order valence-electron chi connectivity index (χ2n) is 8.53. The van der Waals surface area contributed by atoms with Gasteiger partial charge in [0.25, 0.3) is 6.43 Å². The van der Waals surface area contributed by atoms with Crippen LogP contribution in [0.15, 0.2) is 12.4 Å². The van der Waals surface area contributed by atoms with Crippen LogP contribution in [-0.2, 0) is 36.9 Å². The number of hydrogen-bond donors (Lipinski definition) is 0. The minimum atomic E-state index is -4.49. The summed E-state index contributed by atoms with van der Waals surface area (Å²) in [6, 6.07) is 0. The number of alkyl halides is 5. The molecular formula is C21H20F5N5O. The van der Waals surface area contributed by atoms with Crippen LogP contribution in [0.5, 0.6) is 0 Å². The minimum Gasteiger partial charge on any atom is -0.340 e. The average molecular weight is 453 g/mol. The van der Waals surface area contributed by atoms with Crippen molar-refractivity contribution in [2.24, 2.45) is 5.92 Å². The number of hydrogen-bond acceptors (Lipinski definition) is 5. The topological polar surface area (TPSA) is 62.2 Å². The highest BCUT2D eigenvalue weighted by atomic mass is 19.4. The number of pyridine rings is 1. The van der Waals surface area contributed by atoms with Crippen LogP contribution in [0.3, 0.4) is 0 Å². The molecule has 0 N–H and O–H groups in total. The van der Waals surface area contributed by atoms with E-state index in [-0.39, 0.29) is 36.4 Å². The molecule has 3 aliphatic rings. The Morgan fingerprint density at radius 3 is 2.41 bits per heavy atom. The predicted octanol–water partition coefficient (Wildman–Crippen LogP) is 3.69. The number of carbonyl (C=O) groups is 1. The first-order valence-corrected chi connectivity index (χ1v) is 10.4. The van der Waals surface area contributed by atoms with Crippen molar-refractivity contribution >= 4 is 11.9 Å². The first-order valence-electron chi connectivity index (χ1n) is 10.4. The third-order valence-corrected chi connectivity index (χ3v) is 6.41. The molecule has 11 heteroatoms. The lowest BCUT2D eigenvalue weighted by Crippen LogP contribution is -2.49. The van der Waals surface area contributed by atoms with Gasteiger partial charge >= 0.3 is 6.18 Å². The van der Waals surface area contributed by atoms with Crippen molar-refractivity contribution in [2.45, 2.75) is 51.4 Å². The van der Waals surface area contributed by atoms with E-state index >= 15 is 0 Å². The number of amides is 1. The number of aromatic nitrogens is 3. The fourth-order valence-electron chi connectivity index (χ4n) is 4.76. The van der Waals surface area contributed by atoms with E-state index in [1.165, 1.54) is 0 Å². The Morgan fingerprint density at radius 1 is 1.06 bits per heavy atom. The lowest BCUT2D eigenvalue weighted by atomic mass is 9.96. The van der Waals surface area contributed by atoms with Crippen molar-refractivity contribution in [3.8, 4) is 0 Å². The van der Waals surface area contributed by atoms with E-state index in [0.717, 1.165) is 42.1 Å². The van der Waals surface area contributed by atoms with E-state index < -0.39 is 18.2 Å². The molecule has 170 valence electrons. The Morgan fingerprint density at radius 2 is 1.75 bits per heavy atom. The van der Waals surface area contributed by atoms with E-state index in [1.807, 2.05) is 0 Å². The summed E-state index contributed by atoms with van der Waals surface area (Å²) in [7, 11) is 0. The van der Waals surface area contributed by atoms with Gasteiger partial charge in [0.1, 0.15) is 5.69 Å². The second-order valence-corrected chi connectivity index (χ2v) is 8.53. The largest absolute Gasteiger partial charge is 0.419 e. The Bertz CT molecular complexity index is 1050. The molecule has 0 bridgehead atoms. The van der Waals surface area contributed by atoms with E-state index in [1.54, 1.807) is 9.80 Å². The fourth-order valence-corrected chi connectivity index (χ4v) is 4.76. The molecule has 0 aromatic carbocycles. The van der Waals surface area contributed by atoms with Crippen molar-refractivity contribution in [1.82, 2.24) is 19.9 Å². The lowest BCUT2D eigenvalue weighted by molar-refractivity contribution is -0.138. The Balaban J connectivity index is 1.20. The Kier molecular flexibility index (Phi) is 5.01. The maximum atomic E-state index is 13.5. The lowest BCUT2D eigenvalue weighted by Gasteiger charge is -2.39. The standard InChI is InChI=1S/C21H20F5N5O/c22-19(23)18-15-10-30(9-14(15)13-2-1-3-16(13)29-18)17(32)4-11-7-31(8-11)20-27-5-12(6-28-20)21(24,25)26/h5-6,11,19H,1-4,7-10H2. The smallest absolute Gasteiger partial charge is 0.340 e. The highest BCUT2D eigenvalue weighted by Gasteiger charge is 2.37. The van der Waals surface area contributed by atoms with E-state index in [4.69, 9.17) is 0 Å². The van der Waals surface area contributed by atoms with Gasteiger partial charge in [0.2, 0.25) is 11.9 Å². The van der Waals surface area contributed by atoms with Crippen LogP contribution in [0, 0.1) is 5.92 Å². The Hall–Kier alpha value is -2.85. The average Bonchev–Trinajstić information content (AvgIpc) is 3.35. The molecule has 2 aliphatic heterocycles. The summed E-state index contributed by atoms with van der Waals surface area (Å²) in [6.45, 7) is 1.39. The highest BCUT2D eigenvalue weighted by Crippen LogP contribution is 2.38. The van der Waals surface area contributed by atoms with Crippen LogP contribution in [0.1, 0.15) is 52.9 Å². The van der Waals surface area contributed by atoms with Gasteiger partial charge in [0.05, 0.1) is 5.56 Å². The molecule has 4 heterocycles. The van der Waals surface area contributed by atoms with E-state index in [2.05, 4.69) is 15.0 Å². The van der Waals surface area contributed by atoms with Crippen LogP contribution >= 0.6 is 0 Å². The van der Waals surface area contributed by atoms with Crippen LogP contribution in [0.25, 0.3) is 0 Å². The minimum absolute atomic E-state index is 0.00974. The van der Waals surface area contributed by atoms with Gasteiger partial charge in [-0.25, -0.2) is 18.7 Å². The van der Waals surface area contributed by atoms with Gasteiger partial charge in [-0.15, -0.1) is 0 Å². The monoisotopic (exact) mass is 453 g/mol. The van der Waals surface area contributed by atoms with Gasteiger partial charge in [0, 0.05) is 62.2 Å². The van der Waals surface area contributed by atoms with Crippen molar-refractivity contribution in [1.29, 1.82) is 0 Å². The van der Waals surface area contributed by atoms with Crippen molar-refractivity contribution in [2.75, 3.05) is 18.0 Å². The molecule has 1 aliphatic carbocycles. The summed E-state index contributed by atoms with van der Waals surface area (Å²) in [5, 5.41) is 0. The van der Waals surface area contributed by atoms with E-state index in [9.17, 15) is 26.7 Å². The van der Waals surface area contributed by atoms with Crippen LogP contribution in [0.2, 0.25) is 0 Å². The number of aryl methyl sites for hydroxylation is 1. The SMILES string of the molecule is O=C(CC1CN(c2ncc(C(F)(F)F)cn2)C1)N1Cc2c(C(F)F)nc3c(c2C1)CCC3. The molecule has 2 aromatic rings. The zero-order chi connectivity index (χ0) is 22.6. The molecule has 2 aromatic heterocycles. The molecule has 0 spiro atoms. The molecule has 32 heavy (non-hydrogen) atoms. The molecule has 0 radical (unpaired) electrons. The number of anilines is 1. The number of rotatable bonds is 4. The van der Waals surface area contributed by atoms with Gasteiger partial charge in [-0.3, -0.25) is 9.78 Å². The third-order valence-electron chi connectivity index (χ3n) is 6.41. The molecular weight excluding hydrogens is 433 g/mol. The molecule has 5 rings (SSSR count). The molecule has 6 nitrogen and oxygen atoms in total. The molecule has 1 amide bonds. The summed E-state index contributed by atoms with van der Waals surface area (Å²) in [6.07, 6.45) is -3.04. The first-order chi connectivity index (χ1) is 15.2. The van der Waals surface area contributed by atoms with Gasteiger partial charge < -0.3 is 9.80 Å². The van der Waals surface area contributed by atoms with Crippen molar-refractivity contribution in [3.63, 3.8) is 0 Å². The summed E-state index contributed by atoms with van der Waals surface area (Å²) >= 11 is 0. The maximum Gasteiger partial charge on any atom is 0.419 e. The molecule has 0 unspecified atom stereocenters. The second kappa shape index (κ2) is 7.63. The quantitative estimate of drug-likeness (QED) is 0.661. The van der Waals surface area contributed by atoms with Gasteiger partial charge in [-0.2, -0.15) is 13.2 Å². The predicted molar refractivity (Wildman–Crippen MR) is 103 cm³/mol. The normalized spacial score (nSPS) is 18.2. The van der Waals surface area contributed by atoms with Crippen LogP contribution in [-0.4, -0.2) is 38.8 Å². The zero-order valence-corrected chi connectivity index (χ0v) is 17.0. The Labute approximate surface area is 180 Å². The third kappa shape index (κ3) is 3.67. The fraction of sp³-hybridized carbons (Fsp3) is 0.524. The maximum absolute atomic E-state index is 13.5.